The smallest absolute Gasteiger partial charge is 0.320 e. The molecule has 36 heavy (non-hydrogen) atoms. The summed E-state index contributed by atoms with van der Waals surface area (Å²) in [7, 11) is 0.219. The summed E-state index contributed by atoms with van der Waals surface area (Å²) in [5, 5.41) is 12.9. The average molecular weight is 549 g/mol. The second-order valence-electron chi connectivity index (χ2n) is 9.64. The Hall–Kier alpha value is -1.56. The topological polar surface area (TPSA) is 139 Å². The minimum Gasteiger partial charge on any atom is -0.462 e. The molecule has 1 aliphatic rings. The van der Waals surface area contributed by atoms with Crippen molar-refractivity contribution in [2.45, 2.75) is 66.4 Å². The van der Waals surface area contributed by atoms with Crippen LogP contribution < -0.4 is 10.4 Å². The Bertz CT molecular complexity index is 763. The van der Waals surface area contributed by atoms with Crippen LogP contribution >= 0.6 is 20.3 Å². The second-order valence-corrected chi connectivity index (χ2v) is 12.1. The first kappa shape index (κ1) is 32.5. The van der Waals surface area contributed by atoms with E-state index in [0.717, 1.165) is 6.42 Å². The molecule has 1 aliphatic heterocycles. The Kier molecular flexibility index (Phi) is 14.7. The van der Waals surface area contributed by atoms with Crippen LogP contribution in [0, 0.1) is 16.7 Å². The third-order valence-corrected chi connectivity index (χ3v) is 7.36. The molecule has 2 unspecified atom stereocenters. The summed E-state index contributed by atoms with van der Waals surface area (Å²) in [5.74, 6) is 0.242. The van der Waals surface area contributed by atoms with Crippen LogP contribution in [-0.4, -0.2) is 79.2 Å². The summed E-state index contributed by atoms with van der Waals surface area (Å²) in [6.45, 7) is 11.7. The highest BCUT2D eigenvalue weighted by molar-refractivity contribution is 8.13. The van der Waals surface area contributed by atoms with Crippen LogP contribution in [0.1, 0.15) is 48.0 Å². The van der Waals surface area contributed by atoms with Crippen LogP contribution in [0.4, 0.5) is 0 Å². The zero-order valence-electron chi connectivity index (χ0n) is 22.2. The summed E-state index contributed by atoms with van der Waals surface area (Å²) in [6.07, 6.45) is 3.72. The molecule has 0 aromatic rings. The molecule has 1 rings (SSSR count). The third kappa shape index (κ3) is 13.1. The summed E-state index contributed by atoms with van der Waals surface area (Å²) >= 11 is 1.21. The van der Waals surface area contributed by atoms with Crippen molar-refractivity contribution in [1.82, 2.24) is 15.3 Å². The molecule has 4 atom stereocenters. The van der Waals surface area contributed by atoms with Gasteiger partial charge in [0.15, 0.2) is 5.12 Å². The summed E-state index contributed by atoms with van der Waals surface area (Å²) in [5.41, 5.74) is -0.426. The van der Waals surface area contributed by atoms with Gasteiger partial charge in [0.1, 0.15) is 18.6 Å². The Morgan fingerprint density at radius 1 is 1.31 bits per heavy atom. The fraction of sp³-hybridized carbons (Fsp3) is 0.739. The molecule has 1 fully saturated rings. The quantitative estimate of drug-likeness (QED) is 0.0699. The van der Waals surface area contributed by atoms with Crippen LogP contribution in [0.25, 0.3) is 0 Å². The van der Waals surface area contributed by atoms with Crippen molar-refractivity contribution in [3.05, 3.63) is 12.3 Å². The zero-order chi connectivity index (χ0) is 27.3. The highest BCUT2D eigenvalue weighted by atomic mass is 32.2. The molecule has 0 saturated carbocycles. The molecule has 1 saturated heterocycles. The minimum absolute atomic E-state index is 0.0185. The molecule has 1 amide bonds. The predicted molar refractivity (Wildman–Crippen MR) is 141 cm³/mol. The Morgan fingerprint density at radius 3 is 2.61 bits per heavy atom. The van der Waals surface area contributed by atoms with E-state index in [1.807, 2.05) is 32.7 Å². The SMILES string of the molecule is CC(C)OC(=O)CN[P@](OCCSC(=O)C(C)(C)C)OC[C@H]1OC(N(C)/C=C\C(=N)NC=O)CC1C. The maximum absolute atomic E-state index is 12.1. The first-order valence-electron chi connectivity index (χ1n) is 11.8. The van der Waals surface area contributed by atoms with Crippen molar-refractivity contribution in [2.75, 3.05) is 32.6 Å². The second kappa shape index (κ2) is 16.3. The van der Waals surface area contributed by atoms with Gasteiger partial charge in [-0.05, 0) is 32.3 Å². The van der Waals surface area contributed by atoms with Gasteiger partial charge in [-0.1, -0.05) is 39.5 Å². The van der Waals surface area contributed by atoms with Gasteiger partial charge in [0.2, 0.25) is 6.41 Å². The number of ether oxygens (including phenoxy) is 2. The molecule has 0 aromatic carbocycles. The lowest BCUT2D eigenvalue weighted by molar-refractivity contribution is -0.145. The number of amidine groups is 1. The lowest BCUT2D eigenvalue weighted by Crippen LogP contribution is -2.29. The third-order valence-electron chi connectivity index (χ3n) is 4.90. The molecule has 0 aromatic heterocycles. The highest BCUT2D eigenvalue weighted by Crippen LogP contribution is 2.37. The van der Waals surface area contributed by atoms with E-state index >= 15 is 0 Å². The predicted octanol–water partition coefficient (Wildman–Crippen LogP) is 3.01. The van der Waals surface area contributed by atoms with E-state index in [1.54, 1.807) is 20.0 Å². The normalized spacial score (nSPS) is 20.9. The number of nitrogens with zero attached hydrogens (tertiary/aromatic N) is 1. The Labute approximate surface area is 219 Å². The number of hydrogen-bond donors (Lipinski definition) is 3. The van der Waals surface area contributed by atoms with Crippen LogP contribution in [0.15, 0.2) is 12.3 Å². The first-order valence-corrected chi connectivity index (χ1v) is 14.0. The molecule has 11 nitrogen and oxygen atoms in total. The lowest BCUT2D eigenvalue weighted by atomic mass is 10.00. The van der Waals surface area contributed by atoms with E-state index in [-0.39, 0.29) is 55.1 Å². The zero-order valence-corrected chi connectivity index (χ0v) is 23.9. The molecule has 0 bridgehead atoms. The fourth-order valence-electron chi connectivity index (χ4n) is 2.90. The Morgan fingerprint density at radius 2 is 2.00 bits per heavy atom. The van der Waals surface area contributed by atoms with Gasteiger partial charge in [-0.25, -0.2) is 5.09 Å². The summed E-state index contributed by atoms with van der Waals surface area (Å²) < 4.78 is 23.1. The summed E-state index contributed by atoms with van der Waals surface area (Å²) in [4.78, 5) is 36.3. The minimum atomic E-state index is -1.61. The van der Waals surface area contributed by atoms with Gasteiger partial charge in [0.25, 0.3) is 8.53 Å². The average Bonchev–Trinajstić information content (AvgIpc) is 3.15. The van der Waals surface area contributed by atoms with Crippen molar-refractivity contribution in [2.24, 2.45) is 11.3 Å². The first-order chi connectivity index (χ1) is 16.8. The van der Waals surface area contributed by atoms with Gasteiger partial charge in [-0.3, -0.25) is 19.8 Å². The molecule has 3 N–H and O–H groups in total. The van der Waals surface area contributed by atoms with Crippen molar-refractivity contribution in [1.29, 1.82) is 5.41 Å². The largest absolute Gasteiger partial charge is 0.462 e. The van der Waals surface area contributed by atoms with Crippen LogP contribution in [-0.2, 0) is 32.9 Å². The van der Waals surface area contributed by atoms with E-state index in [2.05, 4.69) is 17.3 Å². The molecule has 0 spiro atoms. The molecular weight excluding hydrogens is 507 g/mol. The van der Waals surface area contributed by atoms with E-state index in [1.165, 1.54) is 17.8 Å². The number of carbonyl (C=O) groups excluding carboxylic acids is 3. The van der Waals surface area contributed by atoms with E-state index in [0.29, 0.717) is 12.2 Å². The number of rotatable bonds is 15. The molecule has 0 aliphatic carbocycles. The maximum Gasteiger partial charge on any atom is 0.320 e. The van der Waals surface area contributed by atoms with Gasteiger partial charge >= 0.3 is 5.97 Å². The number of amides is 1. The van der Waals surface area contributed by atoms with E-state index in [4.69, 9.17) is 23.9 Å². The molecule has 1 heterocycles. The van der Waals surface area contributed by atoms with E-state index in [9.17, 15) is 14.4 Å². The number of thioether (sulfide) groups is 1. The number of nitrogens with one attached hydrogen (secondary N) is 3. The van der Waals surface area contributed by atoms with E-state index < -0.39 is 19.9 Å². The summed E-state index contributed by atoms with van der Waals surface area (Å²) in [6, 6.07) is 0. The number of hydrogen-bond acceptors (Lipinski definition) is 11. The maximum atomic E-state index is 12.1. The van der Waals surface area contributed by atoms with Gasteiger partial charge in [-0.2, -0.15) is 0 Å². The number of carbonyl (C=O) groups is 3. The standard InChI is InChI=1S/C23H41N4O7PS/c1-16(2)33-21(29)13-26-35(31-10-11-36-22(30)23(4,5)6)32-14-18-17(3)12-20(34-18)27(7)9-8-19(24)25-15-28/h8-9,15-18,20,26H,10-14H2,1-7H3,(H2,24,25,28)/b9-8-/t17?,18-,20?,35-/m1/s1. The van der Waals surface area contributed by atoms with Crippen LogP contribution in [0.2, 0.25) is 0 Å². The molecular formula is C23H41N4O7PS. The van der Waals surface area contributed by atoms with Gasteiger partial charge in [0, 0.05) is 24.4 Å². The monoisotopic (exact) mass is 548 g/mol. The lowest BCUT2D eigenvalue weighted by Gasteiger charge is -2.24. The van der Waals surface area contributed by atoms with Gasteiger partial charge < -0.3 is 28.7 Å². The van der Waals surface area contributed by atoms with Crippen molar-refractivity contribution >= 4 is 43.6 Å². The van der Waals surface area contributed by atoms with Crippen molar-refractivity contribution in [3.8, 4) is 0 Å². The van der Waals surface area contributed by atoms with Gasteiger partial charge in [-0.15, -0.1) is 0 Å². The highest BCUT2D eigenvalue weighted by Gasteiger charge is 2.34. The fourth-order valence-corrected chi connectivity index (χ4v) is 4.86. The van der Waals surface area contributed by atoms with Crippen LogP contribution in [0.5, 0.6) is 0 Å². The van der Waals surface area contributed by atoms with Crippen LogP contribution in [0.3, 0.4) is 0 Å². The van der Waals surface area contributed by atoms with Gasteiger partial charge in [0.05, 0.1) is 25.4 Å². The molecule has 13 heteroatoms. The van der Waals surface area contributed by atoms with Crippen molar-refractivity contribution in [3.63, 3.8) is 0 Å². The molecule has 206 valence electrons. The molecule has 0 radical (unpaired) electrons. The Balaban J connectivity index is 2.61. The van der Waals surface area contributed by atoms with Crippen molar-refractivity contribution < 1.29 is 32.9 Å². The number of esters is 1.